The van der Waals surface area contributed by atoms with E-state index < -0.39 is 18.6 Å². The third-order valence-corrected chi connectivity index (χ3v) is 2.63. The lowest BCUT2D eigenvalue weighted by molar-refractivity contribution is -0.140. The lowest BCUT2D eigenvalue weighted by Gasteiger charge is -2.23. The summed E-state index contributed by atoms with van der Waals surface area (Å²) in [5, 5.41) is 8.87. The van der Waals surface area contributed by atoms with Crippen molar-refractivity contribution in [3.8, 4) is 6.07 Å². The van der Waals surface area contributed by atoms with Crippen molar-refractivity contribution < 1.29 is 18.0 Å². The number of alkyl halides is 4. The smallest absolute Gasteiger partial charge is 0.329 e. The lowest BCUT2D eigenvalue weighted by atomic mass is 10.1. The van der Waals surface area contributed by atoms with Crippen molar-refractivity contribution in [1.82, 2.24) is 4.90 Å². The molecule has 0 aliphatic rings. The summed E-state index contributed by atoms with van der Waals surface area (Å²) < 4.78 is 37.1. The number of nitrogens with zero attached hydrogens (tertiary/aromatic N) is 2. The summed E-state index contributed by atoms with van der Waals surface area (Å²) in [7, 11) is 0. The molecule has 0 aliphatic carbocycles. The number of carbonyl (C=O) groups is 1. The molecule has 0 heterocycles. The van der Waals surface area contributed by atoms with Gasteiger partial charge in [-0.25, -0.2) is 0 Å². The van der Waals surface area contributed by atoms with Crippen LogP contribution in [-0.4, -0.2) is 35.4 Å². The Bertz CT molecular complexity index is 479. The van der Waals surface area contributed by atoms with Crippen molar-refractivity contribution in [1.29, 1.82) is 5.26 Å². The Labute approximate surface area is 116 Å². The van der Waals surface area contributed by atoms with Gasteiger partial charge in [-0.2, -0.15) is 18.4 Å². The Hall–Kier alpha value is -1.55. The van der Waals surface area contributed by atoms with Crippen LogP contribution in [0.3, 0.4) is 0 Å². The highest BCUT2D eigenvalue weighted by Crippen LogP contribution is 2.18. The van der Waals surface area contributed by atoms with E-state index in [9.17, 15) is 18.0 Å². The normalized spacial score (nSPS) is 10.9. The zero-order valence-electron chi connectivity index (χ0n) is 9.75. The number of carbonyl (C=O) groups excluding carboxylic acids is 1. The molecule has 0 saturated heterocycles. The van der Waals surface area contributed by atoms with E-state index in [4.69, 9.17) is 5.26 Å². The topological polar surface area (TPSA) is 44.1 Å². The van der Waals surface area contributed by atoms with Gasteiger partial charge in [0.05, 0.1) is 11.6 Å². The van der Waals surface area contributed by atoms with Gasteiger partial charge in [-0.05, 0) is 24.3 Å². The molecule has 0 aliphatic heterocycles. The van der Waals surface area contributed by atoms with E-state index in [1.54, 1.807) is 0 Å². The van der Waals surface area contributed by atoms with Crippen LogP contribution < -0.4 is 0 Å². The van der Waals surface area contributed by atoms with Gasteiger partial charge in [0.1, 0.15) is 6.54 Å². The van der Waals surface area contributed by atoms with Gasteiger partial charge in [0.2, 0.25) is 0 Å². The highest BCUT2D eigenvalue weighted by Gasteiger charge is 2.33. The van der Waals surface area contributed by atoms with Gasteiger partial charge in [-0.3, -0.25) is 4.79 Å². The minimum atomic E-state index is -4.44. The predicted molar refractivity (Wildman–Crippen MR) is 66.9 cm³/mol. The number of amides is 1. The first kappa shape index (κ1) is 15.5. The second kappa shape index (κ2) is 6.57. The van der Waals surface area contributed by atoms with Crippen LogP contribution >= 0.6 is 15.9 Å². The molecule has 7 heteroatoms. The third kappa shape index (κ3) is 4.91. The summed E-state index contributed by atoms with van der Waals surface area (Å²) in [5.41, 5.74) is 0.476. The summed E-state index contributed by atoms with van der Waals surface area (Å²) in [6.45, 7) is -1.34. The molecule has 1 aromatic carbocycles. The van der Waals surface area contributed by atoms with Crippen molar-refractivity contribution in [2.24, 2.45) is 0 Å². The van der Waals surface area contributed by atoms with E-state index in [1.807, 2.05) is 6.07 Å². The summed E-state index contributed by atoms with van der Waals surface area (Å²) in [4.78, 5) is 12.7. The van der Waals surface area contributed by atoms with E-state index in [0.717, 1.165) is 4.90 Å². The highest BCUT2D eigenvalue weighted by molar-refractivity contribution is 9.09. The molecule has 0 aromatic heterocycles. The molecule has 1 rings (SSSR count). The van der Waals surface area contributed by atoms with Gasteiger partial charge in [0.15, 0.2) is 0 Å². The number of rotatable bonds is 4. The van der Waals surface area contributed by atoms with E-state index in [0.29, 0.717) is 5.56 Å². The summed E-state index contributed by atoms with van der Waals surface area (Å²) in [5.74, 6) is -0.707. The van der Waals surface area contributed by atoms with E-state index in [-0.39, 0.29) is 17.4 Å². The number of hydrogen-bond donors (Lipinski definition) is 0. The molecule has 1 aromatic rings. The Balaban J connectivity index is 2.89. The van der Waals surface area contributed by atoms with Gasteiger partial charge in [-0.15, -0.1) is 0 Å². The van der Waals surface area contributed by atoms with Crippen LogP contribution in [0, 0.1) is 11.3 Å². The largest absolute Gasteiger partial charge is 0.406 e. The quantitative estimate of drug-likeness (QED) is 0.794. The third-order valence-electron chi connectivity index (χ3n) is 2.27. The number of hydrogen-bond acceptors (Lipinski definition) is 2. The summed E-state index contributed by atoms with van der Waals surface area (Å²) >= 11 is 3.02. The van der Waals surface area contributed by atoms with Crippen molar-refractivity contribution in [2.75, 3.05) is 18.4 Å². The fourth-order valence-corrected chi connectivity index (χ4v) is 1.87. The Kier molecular flexibility index (Phi) is 5.36. The number of halogens is 4. The highest BCUT2D eigenvalue weighted by atomic mass is 79.9. The Morgan fingerprint density at radius 1 is 1.32 bits per heavy atom. The van der Waals surface area contributed by atoms with Gasteiger partial charge in [-0.1, -0.05) is 15.9 Å². The van der Waals surface area contributed by atoms with Gasteiger partial charge in [0, 0.05) is 17.4 Å². The molecule has 3 nitrogen and oxygen atoms in total. The van der Waals surface area contributed by atoms with Crippen LogP contribution in [0.2, 0.25) is 0 Å². The van der Waals surface area contributed by atoms with Gasteiger partial charge >= 0.3 is 6.18 Å². The Morgan fingerprint density at radius 2 is 1.89 bits per heavy atom. The number of nitriles is 1. The fourth-order valence-electron chi connectivity index (χ4n) is 1.44. The Morgan fingerprint density at radius 3 is 2.32 bits per heavy atom. The maximum absolute atomic E-state index is 12.4. The van der Waals surface area contributed by atoms with Crippen LogP contribution in [0.4, 0.5) is 13.2 Å². The minimum absolute atomic E-state index is 0.0433. The summed E-state index contributed by atoms with van der Waals surface area (Å²) in [6.07, 6.45) is -4.44. The second-order valence-electron chi connectivity index (χ2n) is 3.72. The van der Waals surface area contributed by atoms with Crippen LogP contribution in [-0.2, 0) is 0 Å². The molecule has 0 atom stereocenters. The lowest BCUT2D eigenvalue weighted by Crippen LogP contribution is -2.40. The molecule has 102 valence electrons. The number of benzene rings is 1. The zero-order chi connectivity index (χ0) is 14.5. The second-order valence-corrected chi connectivity index (χ2v) is 4.51. The molecular weight excluding hydrogens is 325 g/mol. The predicted octanol–water partition coefficient (Wildman–Crippen LogP) is 2.96. The monoisotopic (exact) mass is 334 g/mol. The SMILES string of the molecule is N#Cc1ccc(C(=O)N(CCBr)CC(F)(F)F)cc1. The van der Waals surface area contributed by atoms with Gasteiger partial charge in [0.25, 0.3) is 5.91 Å². The molecule has 1 amide bonds. The van der Waals surface area contributed by atoms with Crippen molar-refractivity contribution >= 4 is 21.8 Å². The molecule has 0 bridgehead atoms. The molecule has 19 heavy (non-hydrogen) atoms. The maximum atomic E-state index is 12.4. The zero-order valence-corrected chi connectivity index (χ0v) is 11.3. The van der Waals surface area contributed by atoms with Gasteiger partial charge < -0.3 is 4.90 Å². The summed E-state index contributed by atoms with van der Waals surface area (Å²) in [6, 6.07) is 7.36. The fraction of sp³-hybridized carbons (Fsp3) is 0.333. The molecular formula is C12H10BrF3N2O. The van der Waals surface area contributed by atoms with E-state index in [2.05, 4.69) is 15.9 Å². The van der Waals surface area contributed by atoms with Crippen molar-refractivity contribution in [2.45, 2.75) is 6.18 Å². The average molecular weight is 335 g/mol. The minimum Gasteiger partial charge on any atom is -0.329 e. The average Bonchev–Trinajstić information content (AvgIpc) is 2.36. The first-order valence-corrected chi connectivity index (χ1v) is 6.41. The molecule has 0 N–H and O–H groups in total. The first-order valence-electron chi connectivity index (χ1n) is 5.29. The first-order chi connectivity index (χ1) is 8.87. The van der Waals surface area contributed by atoms with E-state index in [1.165, 1.54) is 24.3 Å². The molecule has 0 fully saturated rings. The molecule has 0 radical (unpaired) electrons. The molecule has 0 unspecified atom stereocenters. The maximum Gasteiger partial charge on any atom is 0.406 e. The van der Waals surface area contributed by atoms with Crippen LogP contribution in [0.1, 0.15) is 15.9 Å². The van der Waals surface area contributed by atoms with Crippen LogP contribution in [0.25, 0.3) is 0 Å². The van der Waals surface area contributed by atoms with Crippen molar-refractivity contribution in [3.63, 3.8) is 0 Å². The molecule has 0 saturated carbocycles. The van der Waals surface area contributed by atoms with Crippen molar-refractivity contribution in [3.05, 3.63) is 35.4 Å². The van der Waals surface area contributed by atoms with E-state index >= 15 is 0 Å². The standard InChI is InChI=1S/C12H10BrF3N2O/c13-5-6-18(8-12(14,15)16)11(19)10-3-1-9(7-17)2-4-10/h1-4H,5-6,8H2. The molecule has 0 spiro atoms. The van der Waals surface area contributed by atoms with Crippen LogP contribution in [0.15, 0.2) is 24.3 Å². The van der Waals surface area contributed by atoms with Crippen LogP contribution in [0.5, 0.6) is 0 Å².